The standard InChI is InChI=1S/C14H9F5N2O2/c15-13(16,14(17,18)19)8-1-2-9(10(6-8)12(20)23)7-3-4-21-11(22)5-7/h1-6H,(H2,20,23)(H,21,22). The third-order valence-electron chi connectivity index (χ3n) is 3.09. The zero-order chi connectivity index (χ0) is 17.4. The third kappa shape index (κ3) is 3.08. The van der Waals surface area contributed by atoms with Crippen LogP contribution < -0.4 is 11.3 Å². The van der Waals surface area contributed by atoms with E-state index >= 15 is 0 Å². The predicted molar refractivity (Wildman–Crippen MR) is 71.0 cm³/mol. The molecule has 2 aromatic rings. The number of aromatic nitrogens is 1. The molecule has 0 aliphatic rings. The number of carbonyl (C=O) groups is 1. The molecular weight excluding hydrogens is 323 g/mol. The minimum absolute atomic E-state index is 0.0228. The van der Waals surface area contributed by atoms with Crippen LogP contribution in [0, 0.1) is 0 Å². The van der Waals surface area contributed by atoms with Crippen LogP contribution in [0.25, 0.3) is 11.1 Å². The number of hydrogen-bond donors (Lipinski definition) is 2. The summed E-state index contributed by atoms with van der Waals surface area (Å²) in [5.74, 6) is -6.33. The Morgan fingerprint density at radius 1 is 1.04 bits per heavy atom. The minimum Gasteiger partial charge on any atom is -0.366 e. The van der Waals surface area contributed by atoms with E-state index in [0.29, 0.717) is 12.1 Å². The van der Waals surface area contributed by atoms with Crippen molar-refractivity contribution in [3.8, 4) is 11.1 Å². The van der Waals surface area contributed by atoms with Crippen LogP contribution in [-0.2, 0) is 5.92 Å². The van der Waals surface area contributed by atoms with Gasteiger partial charge in [-0.2, -0.15) is 22.0 Å². The van der Waals surface area contributed by atoms with Crippen molar-refractivity contribution in [1.29, 1.82) is 0 Å². The Morgan fingerprint density at radius 2 is 1.70 bits per heavy atom. The molecule has 0 bridgehead atoms. The highest BCUT2D eigenvalue weighted by atomic mass is 19.4. The summed E-state index contributed by atoms with van der Waals surface area (Å²) in [5, 5.41) is 0. The Labute approximate surface area is 125 Å². The molecule has 1 aromatic heterocycles. The van der Waals surface area contributed by atoms with Crippen molar-refractivity contribution in [2.45, 2.75) is 12.1 Å². The van der Waals surface area contributed by atoms with E-state index in [9.17, 15) is 31.5 Å². The van der Waals surface area contributed by atoms with Crippen LogP contribution in [-0.4, -0.2) is 17.1 Å². The van der Waals surface area contributed by atoms with Gasteiger partial charge in [-0.15, -0.1) is 0 Å². The van der Waals surface area contributed by atoms with Gasteiger partial charge < -0.3 is 10.7 Å². The number of carbonyl (C=O) groups excluding carboxylic acids is 1. The summed E-state index contributed by atoms with van der Waals surface area (Å²) in [4.78, 5) is 25.0. The van der Waals surface area contributed by atoms with E-state index in [1.54, 1.807) is 0 Å². The highest BCUT2D eigenvalue weighted by Crippen LogP contribution is 2.44. The van der Waals surface area contributed by atoms with E-state index in [0.717, 1.165) is 12.1 Å². The Kier molecular flexibility index (Phi) is 3.97. The molecular formula is C14H9F5N2O2. The summed E-state index contributed by atoms with van der Waals surface area (Å²) < 4.78 is 64.0. The molecule has 0 aliphatic heterocycles. The molecule has 0 spiro atoms. The lowest BCUT2D eigenvalue weighted by atomic mass is 9.95. The number of alkyl halides is 5. The average Bonchev–Trinajstić information content (AvgIpc) is 2.45. The van der Waals surface area contributed by atoms with Gasteiger partial charge >= 0.3 is 12.1 Å². The topological polar surface area (TPSA) is 76.0 Å². The number of halogens is 5. The molecule has 1 aromatic carbocycles. The molecule has 9 heteroatoms. The fourth-order valence-corrected chi connectivity index (χ4v) is 1.97. The summed E-state index contributed by atoms with van der Waals surface area (Å²) in [6.45, 7) is 0. The Hall–Kier alpha value is -2.71. The molecule has 0 fully saturated rings. The first-order valence-corrected chi connectivity index (χ1v) is 6.12. The molecule has 0 radical (unpaired) electrons. The van der Waals surface area contributed by atoms with Gasteiger partial charge in [-0.25, -0.2) is 0 Å². The molecule has 0 atom stereocenters. The SMILES string of the molecule is NC(=O)c1cc(C(F)(F)C(F)(F)F)ccc1-c1cc[nH]c(=O)c1. The van der Waals surface area contributed by atoms with Crippen molar-refractivity contribution in [1.82, 2.24) is 4.98 Å². The number of nitrogens with one attached hydrogen (secondary N) is 1. The first kappa shape index (κ1) is 16.7. The highest BCUT2D eigenvalue weighted by Gasteiger charge is 2.58. The molecule has 23 heavy (non-hydrogen) atoms. The third-order valence-corrected chi connectivity index (χ3v) is 3.09. The van der Waals surface area contributed by atoms with Gasteiger partial charge in [0.2, 0.25) is 11.5 Å². The quantitative estimate of drug-likeness (QED) is 0.848. The monoisotopic (exact) mass is 332 g/mol. The summed E-state index contributed by atoms with van der Waals surface area (Å²) >= 11 is 0. The van der Waals surface area contributed by atoms with Gasteiger partial charge in [0.1, 0.15) is 0 Å². The number of H-pyrrole nitrogens is 1. The van der Waals surface area contributed by atoms with Crippen molar-refractivity contribution in [3.05, 3.63) is 58.0 Å². The Morgan fingerprint density at radius 3 is 2.22 bits per heavy atom. The molecule has 0 aliphatic carbocycles. The maximum absolute atomic E-state index is 13.4. The second-order valence-corrected chi connectivity index (χ2v) is 4.64. The minimum atomic E-state index is -5.81. The lowest BCUT2D eigenvalue weighted by molar-refractivity contribution is -0.289. The van der Waals surface area contributed by atoms with Gasteiger partial charge in [0.15, 0.2) is 0 Å². The van der Waals surface area contributed by atoms with Crippen molar-refractivity contribution >= 4 is 5.91 Å². The molecule has 0 saturated carbocycles. The molecule has 1 amide bonds. The van der Waals surface area contributed by atoms with Gasteiger partial charge in [-0.3, -0.25) is 9.59 Å². The Balaban J connectivity index is 2.65. The van der Waals surface area contributed by atoms with E-state index in [4.69, 9.17) is 5.73 Å². The van der Waals surface area contributed by atoms with Crippen molar-refractivity contribution < 1.29 is 26.7 Å². The first-order valence-electron chi connectivity index (χ1n) is 6.12. The summed E-state index contributed by atoms with van der Waals surface area (Å²) in [6.07, 6.45) is -4.58. The number of pyridine rings is 1. The maximum Gasteiger partial charge on any atom is 0.458 e. The van der Waals surface area contributed by atoms with Gasteiger partial charge in [-0.1, -0.05) is 12.1 Å². The lowest BCUT2D eigenvalue weighted by Gasteiger charge is -2.21. The average molecular weight is 332 g/mol. The van der Waals surface area contributed by atoms with E-state index in [-0.39, 0.29) is 11.1 Å². The zero-order valence-electron chi connectivity index (χ0n) is 11.2. The van der Waals surface area contributed by atoms with Crippen molar-refractivity contribution in [2.75, 3.05) is 0 Å². The van der Waals surface area contributed by atoms with Crippen LogP contribution in [0.3, 0.4) is 0 Å². The fourth-order valence-electron chi connectivity index (χ4n) is 1.97. The normalized spacial score (nSPS) is 12.2. The molecule has 1 heterocycles. The van der Waals surface area contributed by atoms with Crippen LogP contribution in [0.15, 0.2) is 41.3 Å². The number of nitrogens with two attached hydrogens (primary N) is 1. The second-order valence-electron chi connectivity index (χ2n) is 4.64. The van der Waals surface area contributed by atoms with Gasteiger partial charge in [0.05, 0.1) is 0 Å². The summed E-state index contributed by atoms with van der Waals surface area (Å²) in [5.41, 5.74) is 2.70. The van der Waals surface area contributed by atoms with E-state index in [2.05, 4.69) is 4.98 Å². The van der Waals surface area contributed by atoms with E-state index in [1.807, 2.05) is 0 Å². The van der Waals surface area contributed by atoms with Crippen molar-refractivity contribution in [2.24, 2.45) is 5.73 Å². The molecule has 0 unspecified atom stereocenters. The lowest BCUT2D eigenvalue weighted by Crippen LogP contribution is -2.34. The molecule has 3 N–H and O–H groups in total. The number of amides is 1. The molecule has 122 valence electrons. The highest BCUT2D eigenvalue weighted by molar-refractivity contribution is 6.00. The smallest absolute Gasteiger partial charge is 0.366 e. The van der Waals surface area contributed by atoms with Gasteiger partial charge in [-0.05, 0) is 23.3 Å². The van der Waals surface area contributed by atoms with Gasteiger partial charge in [0.25, 0.3) is 0 Å². The molecule has 2 rings (SSSR count). The largest absolute Gasteiger partial charge is 0.458 e. The molecule has 4 nitrogen and oxygen atoms in total. The summed E-state index contributed by atoms with van der Waals surface area (Å²) in [7, 11) is 0. The zero-order valence-corrected chi connectivity index (χ0v) is 11.2. The number of aromatic amines is 1. The predicted octanol–water partition coefficient (Wildman–Crippen LogP) is 2.79. The summed E-state index contributed by atoms with van der Waals surface area (Å²) in [6, 6.07) is 4.22. The Bertz CT molecular complexity index is 811. The molecule has 0 saturated heterocycles. The van der Waals surface area contributed by atoms with Gasteiger partial charge in [0, 0.05) is 23.4 Å². The number of hydrogen-bond acceptors (Lipinski definition) is 2. The van der Waals surface area contributed by atoms with Crippen LogP contribution in [0.2, 0.25) is 0 Å². The van der Waals surface area contributed by atoms with E-state index in [1.165, 1.54) is 12.3 Å². The van der Waals surface area contributed by atoms with Crippen LogP contribution in [0.4, 0.5) is 22.0 Å². The number of benzene rings is 1. The van der Waals surface area contributed by atoms with Crippen LogP contribution in [0.1, 0.15) is 15.9 Å². The van der Waals surface area contributed by atoms with E-state index < -0.39 is 34.7 Å². The van der Waals surface area contributed by atoms with Crippen molar-refractivity contribution in [3.63, 3.8) is 0 Å². The van der Waals surface area contributed by atoms with Crippen LogP contribution in [0.5, 0.6) is 0 Å². The first-order chi connectivity index (χ1) is 10.5. The second kappa shape index (κ2) is 5.49. The van der Waals surface area contributed by atoms with Crippen LogP contribution >= 0.6 is 0 Å². The fraction of sp³-hybridized carbons (Fsp3) is 0.143. The maximum atomic E-state index is 13.4. The number of primary amides is 1. The number of rotatable bonds is 3.